The second kappa shape index (κ2) is 10.7. The first kappa shape index (κ1) is 21.0. The molecule has 0 unspecified atom stereocenters. The van der Waals surface area contributed by atoms with Crippen LogP contribution in [0.3, 0.4) is 0 Å². The second-order valence-corrected chi connectivity index (χ2v) is 6.44. The lowest BCUT2D eigenvalue weighted by molar-refractivity contribution is -0.117. The summed E-state index contributed by atoms with van der Waals surface area (Å²) < 4.78 is 5.71. The molecule has 1 heterocycles. The second-order valence-electron chi connectivity index (χ2n) is 6.44. The topological polar surface area (TPSA) is 77.2 Å². The van der Waals surface area contributed by atoms with Gasteiger partial charge in [0.2, 0.25) is 0 Å². The number of nitrogens with one attached hydrogen (secondary N) is 1. The zero-order valence-electron chi connectivity index (χ0n) is 16.6. The maximum atomic E-state index is 12.5. The Morgan fingerprint density at radius 2 is 1.93 bits per heavy atom. The van der Waals surface area contributed by atoms with Crippen molar-refractivity contribution >= 4 is 5.91 Å². The maximum absolute atomic E-state index is 12.5. The lowest BCUT2D eigenvalue weighted by atomic mass is 10.1. The van der Waals surface area contributed by atoms with Crippen molar-refractivity contribution in [1.82, 2.24) is 10.3 Å². The molecule has 0 bridgehead atoms. The fourth-order valence-corrected chi connectivity index (χ4v) is 2.31. The zero-order valence-corrected chi connectivity index (χ0v) is 16.6. The van der Waals surface area contributed by atoms with E-state index in [0.717, 1.165) is 12.0 Å². The summed E-state index contributed by atoms with van der Waals surface area (Å²) in [5, 5.41) is 2.90. The molecule has 0 saturated carbocycles. The molecule has 28 heavy (non-hydrogen) atoms. The van der Waals surface area contributed by atoms with E-state index in [9.17, 15) is 4.79 Å². The summed E-state index contributed by atoms with van der Waals surface area (Å²) >= 11 is 0. The number of nitrogens with zero attached hydrogens (tertiary/aromatic N) is 1. The van der Waals surface area contributed by atoms with E-state index in [4.69, 9.17) is 10.5 Å². The van der Waals surface area contributed by atoms with Gasteiger partial charge in [0.25, 0.3) is 5.91 Å². The highest BCUT2D eigenvalue weighted by atomic mass is 16.5. The third-order valence-electron chi connectivity index (χ3n) is 4.12. The van der Waals surface area contributed by atoms with Gasteiger partial charge in [0.15, 0.2) is 0 Å². The number of allylic oxidation sites excluding steroid dienone is 4. The van der Waals surface area contributed by atoms with E-state index in [-0.39, 0.29) is 5.91 Å². The van der Waals surface area contributed by atoms with Crippen LogP contribution in [0.1, 0.15) is 32.8 Å². The van der Waals surface area contributed by atoms with Gasteiger partial charge in [0, 0.05) is 18.4 Å². The highest BCUT2D eigenvalue weighted by Gasteiger charge is 2.08. The van der Waals surface area contributed by atoms with Crippen molar-refractivity contribution in [2.45, 2.75) is 33.7 Å². The molecule has 1 aromatic carbocycles. The van der Waals surface area contributed by atoms with Crippen molar-refractivity contribution in [1.29, 1.82) is 0 Å². The molecule has 0 fully saturated rings. The molecule has 2 rings (SSSR count). The SMILES string of the molecule is CCC(C)=C/C=C\C(C(=O)NCc1ccc(Oc2cccnc2)cc1)=C(/C)N. The Bertz CT molecular complexity index is 862. The lowest BCUT2D eigenvalue weighted by Gasteiger charge is -2.09. The quantitative estimate of drug-likeness (QED) is 0.519. The average molecular weight is 377 g/mol. The Morgan fingerprint density at radius 1 is 1.18 bits per heavy atom. The molecule has 0 atom stereocenters. The minimum atomic E-state index is -0.200. The van der Waals surface area contributed by atoms with Crippen molar-refractivity contribution < 1.29 is 9.53 Å². The first-order valence-electron chi connectivity index (χ1n) is 9.24. The van der Waals surface area contributed by atoms with Gasteiger partial charge < -0.3 is 15.8 Å². The van der Waals surface area contributed by atoms with E-state index in [1.807, 2.05) is 55.5 Å². The number of benzene rings is 1. The first-order valence-corrected chi connectivity index (χ1v) is 9.24. The third kappa shape index (κ3) is 6.76. The normalized spacial score (nSPS) is 12.6. The van der Waals surface area contributed by atoms with Crippen molar-refractivity contribution in [3.05, 3.63) is 89.4 Å². The van der Waals surface area contributed by atoms with Crippen LogP contribution in [0.4, 0.5) is 0 Å². The van der Waals surface area contributed by atoms with Crippen molar-refractivity contribution in [3.8, 4) is 11.5 Å². The standard InChI is InChI=1S/C23H27N3O2/c1-4-17(2)7-5-9-22(18(3)24)23(27)26-15-19-10-12-20(13-11-19)28-21-8-6-14-25-16-21/h5-14,16H,4,15,24H2,1-3H3,(H,26,27)/b9-5-,17-7?,22-18-. The van der Waals surface area contributed by atoms with E-state index >= 15 is 0 Å². The van der Waals surface area contributed by atoms with Crippen LogP contribution in [0.5, 0.6) is 11.5 Å². The molecule has 0 aliphatic carbocycles. The number of hydrogen-bond donors (Lipinski definition) is 2. The van der Waals surface area contributed by atoms with Gasteiger partial charge in [-0.2, -0.15) is 0 Å². The van der Waals surface area contributed by atoms with Gasteiger partial charge in [0.05, 0.1) is 11.8 Å². The molecule has 0 aliphatic rings. The van der Waals surface area contributed by atoms with E-state index in [1.165, 1.54) is 5.57 Å². The Kier molecular flexibility index (Phi) is 8.03. The largest absolute Gasteiger partial charge is 0.456 e. The molecular formula is C23H27N3O2. The predicted octanol–water partition coefficient (Wildman–Crippen LogP) is 4.64. The average Bonchev–Trinajstić information content (AvgIpc) is 2.70. The summed E-state index contributed by atoms with van der Waals surface area (Å²) in [6.07, 6.45) is 9.90. The third-order valence-corrected chi connectivity index (χ3v) is 4.12. The van der Waals surface area contributed by atoms with Crippen LogP contribution in [-0.2, 0) is 11.3 Å². The lowest BCUT2D eigenvalue weighted by Crippen LogP contribution is -2.25. The first-order chi connectivity index (χ1) is 13.5. The van der Waals surface area contributed by atoms with E-state index in [2.05, 4.69) is 17.2 Å². The predicted molar refractivity (Wildman–Crippen MR) is 113 cm³/mol. The highest BCUT2D eigenvalue weighted by Crippen LogP contribution is 2.20. The Hall–Kier alpha value is -3.34. The molecule has 146 valence electrons. The van der Waals surface area contributed by atoms with Gasteiger partial charge in [-0.15, -0.1) is 0 Å². The summed E-state index contributed by atoms with van der Waals surface area (Å²) in [7, 11) is 0. The molecule has 2 aromatic rings. The molecule has 5 nitrogen and oxygen atoms in total. The van der Waals surface area contributed by atoms with Crippen molar-refractivity contribution in [3.63, 3.8) is 0 Å². The minimum Gasteiger partial charge on any atom is -0.456 e. The van der Waals surface area contributed by atoms with E-state index in [1.54, 1.807) is 25.4 Å². The smallest absolute Gasteiger partial charge is 0.253 e. The van der Waals surface area contributed by atoms with Gasteiger partial charge >= 0.3 is 0 Å². The fraction of sp³-hybridized carbons (Fsp3) is 0.217. The molecule has 0 spiro atoms. The van der Waals surface area contributed by atoms with Crippen molar-refractivity contribution in [2.75, 3.05) is 0 Å². The van der Waals surface area contributed by atoms with Crippen LogP contribution in [0.15, 0.2) is 83.9 Å². The van der Waals surface area contributed by atoms with Crippen LogP contribution in [0.2, 0.25) is 0 Å². The van der Waals surface area contributed by atoms with Gasteiger partial charge in [-0.3, -0.25) is 9.78 Å². The number of amides is 1. The van der Waals surface area contributed by atoms with Crippen LogP contribution in [0.25, 0.3) is 0 Å². The van der Waals surface area contributed by atoms with Gasteiger partial charge in [-0.25, -0.2) is 0 Å². The van der Waals surface area contributed by atoms with Gasteiger partial charge in [-0.1, -0.05) is 36.8 Å². The minimum absolute atomic E-state index is 0.200. The molecular weight excluding hydrogens is 350 g/mol. The monoisotopic (exact) mass is 377 g/mol. The molecule has 5 heteroatoms. The van der Waals surface area contributed by atoms with Crippen molar-refractivity contribution in [2.24, 2.45) is 5.73 Å². The van der Waals surface area contributed by atoms with Crippen LogP contribution < -0.4 is 15.8 Å². The molecule has 0 saturated heterocycles. The van der Waals surface area contributed by atoms with Crippen LogP contribution in [-0.4, -0.2) is 10.9 Å². The number of aromatic nitrogens is 1. The number of ether oxygens (including phenoxy) is 1. The maximum Gasteiger partial charge on any atom is 0.253 e. The van der Waals surface area contributed by atoms with E-state index in [0.29, 0.717) is 29.3 Å². The summed E-state index contributed by atoms with van der Waals surface area (Å²) in [5.74, 6) is 1.19. The Labute approximate surface area is 166 Å². The number of carbonyl (C=O) groups excluding carboxylic acids is 1. The van der Waals surface area contributed by atoms with Crippen LogP contribution >= 0.6 is 0 Å². The number of rotatable bonds is 8. The van der Waals surface area contributed by atoms with E-state index < -0.39 is 0 Å². The summed E-state index contributed by atoms with van der Waals surface area (Å²) in [4.78, 5) is 16.5. The summed E-state index contributed by atoms with van der Waals surface area (Å²) in [6.45, 7) is 6.26. The molecule has 1 aromatic heterocycles. The summed E-state index contributed by atoms with van der Waals surface area (Å²) in [5.41, 5.74) is 9.03. The summed E-state index contributed by atoms with van der Waals surface area (Å²) in [6, 6.07) is 11.2. The van der Waals surface area contributed by atoms with Gasteiger partial charge in [0.1, 0.15) is 11.5 Å². The molecule has 3 N–H and O–H groups in total. The van der Waals surface area contributed by atoms with Gasteiger partial charge in [-0.05, 0) is 56.2 Å². The molecule has 1 amide bonds. The number of carbonyl (C=O) groups is 1. The number of hydrogen-bond acceptors (Lipinski definition) is 4. The highest BCUT2D eigenvalue weighted by molar-refractivity contribution is 5.96. The Balaban J connectivity index is 1.94. The van der Waals surface area contributed by atoms with Crippen LogP contribution in [0, 0.1) is 0 Å². The fourth-order valence-electron chi connectivity index (χ4n) is 2.31. The zero-order chi connectivity index (χ0) is 20.4. The Morgan fingerprint density at radius 3 is 2.54 bits per heavy atom. The molecule has 0 aliphatic heterocycles. The number of pyridine rings is 1. The number of nitrogens with two attached hydrogens (primary N) is 1. The molecule has 0 radical (unpaired) electrons.